The molecule has 1 aromatic carbocycles. The molecular weight excluding hydrogens is 294 g/mol. The zero-order valence-corrected chi connectivity index (χ0v) is 13.4. The van der Waals surface area contributed by atoms with Gasteiger partial charge in [0.1, 0.15) is 5.75 Å². The summed E-state index contributed by atoms with van der Waals surface area (Å²) in [5.74, 6) is 1.89. The lowest BCUT2D eigenvalue weighted by molar-refractivity contribution is -0.137. The minimum absolute atomic E-state index is 0.102. The fourth-order valence-electron chi connectivity index (χ4n) is 4.07. The monoisotopic (exact) mass is 317 g/mol. The number of nitrogens with zero attached hydrogens (tertiary/aromatic N) is 1. The summed E-state index contributed by atoms with van der Waals surface area (Å²) < 4.78 is 16.9. The van der Waals surface area contributed by atoms with E-state index in [0.29, 0.717) is 24.8 Å². The molecule has 3 heterocycles. The molecule has 124 valence electrons. The third-order valence-corrected chi connectivity index (χ3v) is 5.37. The highest BCUT2D eigenvalue weighted by molar-refractivity contribution is 5.83. The van der Waals surface area contributed by atoms with Crippen LogP contribution < -0.4 is 4.74 Å². The number of rotatable bonds is 4. The Bertz CT molecular complexity index is 565. The average molecular weight is 317 g/mol. The van der Waals surface area contributed by atoms with Crippen LogP contribution in [0.3, 0.4) is 0 Å². The highest BCUT2D eigenvalue weighted by Gasteiger charge is 2.46. The largest absolute Gasteiger partial charge is 0.480 e. The van der Waals surface area contributed by atoms with Crippen LogP contribution in [0.4, 0.5) is 0 Å². The number of benzene rings is 1. The first-order valence-corrected chi connectivity index (χ1v) is 8.40. The SMILES string of the molecule is COCC[C@H]1CO[C@H]2CN(C(=O)[C@@H]3Cc4ccccc4O3)C[C@@H]12. The molecule has 4 rings (SSSR count). The molecule has 1 amide bonds. The van der Waals surface area contributed by atoms with Gasteiger partial charge in [0.2, 0.25) is 0 Å². The zero-order valence-electron chi connectivity index (χ0n) is 13.4. The number of hydrogen-bond acceptors (Lipinski definition) is 4. The minimum atomic E-state index is -0.372. The van der Waals surface area contributed by atoms with E-state index in [1.54, 1.807) is 7.11 Å². The van der Waals surface area contributed by atoms with Gasteiger partial charge in [-0.1, -0.05) is 18.2 Å². The molecule has 1 aromatic rings. The van der Waals surface area contributed by atoms with Crippen molar-refractivity contribution in [2.75, 3.05) is 33.4 Å². The second-order valence-corrected chi connectivity index (χ2v) is 6.74. The summed E-state index contributed by atoms with van der Waals surface area (Å²) in [5, 5.41) is 0. The van der Waals surface area contributed by atoms with E-state index in [9.17, 15) is 4.79 Å². The van der Waals surface area contributed by atoms with Gasteiger partial charge in [-0.15, -0.1) is 0 Å². The lowest BCUT2D eigenvalue weighted by Crippen LogP contribution is -2.41. The van der Waals surface area contributed by atoms with E-state index < -0.39 is 0 Å². The first-order chi connectivity index (χ1) is 11.3. The molecule has 0 aliphatic carbocycles. The summed E-state index contributed by atoms with van der Waals surface area (Å²) >= 11 is 0. The number of carbonyl (C=O) groups is 1. The fraction of sp³-hybridized carbons (Fsp3) is 0.611. The summed E-state index contributed by atoms with van der Waals surface area (Å²) in [6, 6.07) is 7.90. The van der Waals surface area contributed by atoms with Crippen molar-refractivity contribution in [2.45, 2.75) is 25.0 Å². The number of methoxy groups -OCH3 is 1. The first kappa shape index (κ1) is 15.0. The molecule has 2 saturated heterocycles. The Kier molecular flexibility index (Phi) is 3.99. The normalized spacial score (nSPS) is 31.8. The topological polar surface area (TPSA) is 48.0 Å². The maximum atomic E-state index is 12.8. The molecule has 3 aliphatic rings. The number of hydrogen-bond donors (Lipinski definition) is 0. The predicted octanol–water partition coefficient (Wildman–Crippen LogP) is 1.50. The summed E-state index contributed by atoms with van der Waals surface area (Å²) in [5.41, 5.74) is 1.12. The van der Waals surface area contributed by atoms with Crippen molar-refractivity contribution in [3.05, 3.63) is 29.8 Å². The van der Waals surface area contributed by atoms with Crippen LogP contribution in [0.1, 0.15) is 12.0 Å². The number of carbonyl (C=O) groups excluding carboxylic acids is 1. The van der Waals surface area contributed by atoms with Crippen LogP contribution in [0.2, 0.25) is 0 Å². The molecule has 0 radical (unpaired) electrons. The lowest BCUT2D eigenvalue weighted by Gasteiger charge is -2.22. The summed E-state index contributed by atoms with van der Waals surface area (Å²) in [6.45, 7) is 3.04. The molecular formula is C18H23NO4. The number of para-hydroxylation sites is 1. The molecule has 3 aliphatic heterocycles. The smallest absolute Gasteiger partial charge is 0.264 e. The van der Waals surface area contributed by atoms with Crippen LogP contribution in [-0.2, 0) is 20.7 Å². The maximum absolute atomic E-state index is 12.8. The molecule has 0 spiro atoms. The quantitative estimate of drug-likeness (QED) is 0.844. The molecule has 5 nitrogen and oxygen atoms in total. The van der Waals surface area contributed by atoms with Gasteiger partial charge in [0.25, 0.3) is 5.91 Å². The van der Waals surface area contributed by atoms with Crippen molar-refractivity contribution in [1.82, 2.24) is 4.90 Å². The van der Waals surface area contributed by atoms with E-state index in [0.717, 1.165) is 37.5 Å². The van der Waals surface area contributed by atoms with E-state index in [1.807, 2.05) is 29.2 Å². The molecule has 0 bridgehead atoms. The Morgan fingerprint density at radius 3 is 3.04 bits per heavy atom. The van der Waals surface area contributed by atoms with Gasteiger partial charge in [-0.05, 0) is 24.0 Å². The van der Waals surface area contributed by atoms with Gasteiger partial charge in [0.05, 0.1) is 12.7 Å². The van der Waals surface area contributed by atoms with Crippen LogP contribution in [0.15, 0.2) is 24.3 Å². The van der Waals surface area contributed by atoms with E-state index in [2.05, 4.69) is 0 Å². The predicted molar refractivity (Wildman–Crippen MR) is 84.4 cm³/mol. The first-order valence-electron chi connectivity index (χ1n) is 8.40. The minimum Gasteiger partial charge on any atom is -0.480 e. The van der Waals surface area contributed by atoms with Crippen molar-refractivity contribution in [2.24, 2.45) is 11.8 Å². The van der Waals surface area contributed by atoms with Gasteiger partial charge in [0, 0.05) is 39.1 Å². The molecule has 5 heteroatoms. The Morgan fingerprint density at radius 1 is 1.35 bits per heavy atom. The Balaban J connectivity index is 1.38. The fourth-order valence-corrected chi connectivity index (χ4v) is 4.07. The van der Waals surface area contributed by atoms with Gasteiger partial charge in [0.15, 0.2) is 6.10 Å². The maximum Gasteiger partial charge on any atom is 0.264 e. The summed E-state index contributed by atoms with van der Waals surface area (Å²) in [4.78, 5) is 14.7. The van der Waals surface area contributed by atoms with Gasteiger partial charge < -0.3 is 19.1 Å². The van der Waals surface area contributed by atoms with Crippen LogP contribution in [0.5, 0.6) is 5.75 Å². The molecule has 2 fully saturated rings. The Morgan fingerprint density at radius 2 is 2.22 bits per heavy atom. The van der Waals surface area contributed by atoms with Crippen molar-refractivity contribution in [1.29, 1.82) is 0 Å². The second-order valence-electron chi connectivity index (χ2n) is 6.74. The third kappa shape index (κ3) is 2.72. The van der Waals surface area contributed by atoms with Gasteiger partial charge in [-0.25, -0.2) is 0 Å². The number of amides is 1. The molecule has 23 heavy (non-hydrogen) atoms. The Hall–Kier alpha value is -1.59. The van der Waals surface area contributed by atoms with Gasteiger partial charge in [-0.3, -0.25) is 4.79 Å². The molecule has 0 N–H and O–H groups in total. The standard InChI is InChI=1S/C18H23NO4/c1-21-7-6-13-11-22-17-10-19(9-14(13)17)18(20)16-8-12-4-2-3-5-15(12)23-16/h2-5,13-14,16-17H,6-11H2,1H3/t13-,14-,16-,17-/m0/s1. The van der Waals surface area contributed by atoms with E-state index >= 15 is 0 Å². The van der Waals surface area contributed by atoms with E-state index in [-0.39, 0.29) is 18.1 Å². The second kappa shape index (κ2) is 6.13. The van der Waals surface area contributed by atoms with Crippen molar-refractivity contribution >= 4 is 5.91 Å². The number of fused-ring (bicyclic) bond motifs is 2. The zero-order chi connectivity index (χ0) is 15.8. The molecule has 4 atom stereocenters. The van der Waals surface area contributed by atoms with E-state index in [1.165, 1.54) is 0 Å². The van der Waals surface area contributed by atoms with Crippen LogP contribution >= 0.6 is 0 Å². The highest BCUT2D eigenvalue weighted by Crippen LogP contribution is 2.37. The summed E-state index contributed by atoms with van der Waals surface area (Å²) in [7, 11) is 1.73. The van der Waals surface area contributed by atoms with Crippen molar-refractivity contribution in [3.8, 4) is 5.75 Å². The average Bonchev–Trinajstić information content (AvgIpc) is 3.25. The van der Waals surface area contributed by atoms with Crippen molar-refractivity contribution < 1.29 is 19.0 Å². The van der Waals surface area contributed by atoms with Crippen LogP contribution in [-0.4, -0.2) is 56.4 Å². The third-order valence-electron chi connectivity index (χ3n) is 5.37. The van der Waals surface area contributed by atoms with Crippen LogP contribution in [0.25, 0.3) is 0 Å². The van der Waals surface area contributed by atoms with Crippen molar-refractivity contribution in [3.63, 3.8) is 0 Å². The number of ether oxygens (including phenoxy) is 3. The molecule has 0 saturated carbocycles. The highest BCUT2D eigenvalue weighted by atomic mass is 16.5. The lowest BCUT2D eigenvalue weighted by atomic mass is 9.91. The molecule has 0 unspecified atom stereocenters. The van der Waals surface area contributed by atoms with E-state index in [4.69, 9.17) is 14.2 Å². The summed E-state index contributed by atoms with van der Waals surface area (Å²) in [6.07, 6.45) is 1.49. The Labute approximate surface area is 136 Å². The van der Waals surface area contributed by atoms with Gasteiger partial charge >= 0.3 is 0 Å². The van der Waals surface area contributed by atoms with Crippen LogP contribution in [0, 0.1) is 11.8 Å². The van der Waals surface area contributed by atoms with Gasteiger partial charge in [-0.2, -0.15) is 0 Å². The number of likely N-dealkylation sites (tertiary alicyclic amines) is 1. The molecule has 0 aromatic heterocycles.